The molecule has 2 nitrogen and oxygen atoms in total. The molecular formula is C9H15NOS. The molecule has 1 aliphatic heterocycles. The Balaban J connectivity index is 2.89. The van der Waals surface area contributed by atoms with Crippen molar-refractivity contribution in [2.75, 3.05) is 6.54 Å². The lowest BCUT2D eigenvalue weighted by molar-refractivity contribution is -0.113. The summed E-state index contributed by atoms with van der Waals surface area (Å²) >= 11 is 1.67. The Kier molecular flexibility index (Phi) is 2.83. The van der Waals surface area contributed by atoms with Crippen molar-refractivity contribution < 1.29 is 4.79 Å². The predicted molar refractivity (Wildman–Crippen MR) is 52.8 cm³/mol. The topological polar surface area (TPSA) is 20.3 Å². The number of rotatable bonds is 2. The van der Waals surface area contributed by atoms with Gasteiger partial charge in [0.25, 0.3) is 0 Å². The number of ketones is 1. The third kappa shape index (κ3) is 1.51. The molecule has 0 aliphatic carbocycles. The largest absolute Gasteiger partial charge is 0.362 e. The van der Waals surface area contributed by atoms with E-state index in [-0.39, 0.29) is 5.78 Å². The van der Waals surface area contributed by atoms with Gasteiger partial charge in [-0.3, -0.25) is 4.79 Å². The molecule has 0 amide bonds. The van der Waals surface area contributed by atoms with E-state index in [1.54, 1.807) is 18.7 Å². The molecule has 1 rings (SSSR count). The summed E-state index contributed by atoms with van der Waals surface area (Å²) < 4.78 is 0. The van der Waals surface area contributed by atoms with Crippen LogP contribution in [0.1, 0.15) is 27.7 Å². The summed E-state index contributed by atoms with van der Waals surface area (Å²) in [6.45, 7) is 8.89. The van der Waals surface area contributed by atoms with Gasteiger partial charge in [0, 0.05) is 12.2 Å². The maximum Gasteiger partial charge on any atom is 0.167 e. The fourth-order valence-corrected chi connectivity index (χ4v) is 2.78. The normalized spacial score (nSPS) is 23.7. The van der Waals surface area contributed by atoms with Crippen molar-refractivity contribution in [1.29, 1.82) is 0 Å². The number of carbonyl (C=O) groups is 1. The summed E-state index contributed by atoms with van der Waals surface area (Å²) in [5, 5.41) is 0.425. The van der Waals surface area contributed by atoms with Gasteiger partial charge in [0.2, 0.25) is 0 Å². The van der Waals surface area contributed by atoms with Crippen molar-refractivity contribution in [1.82, 2.24) is 4.90 Å². The molecule has 1 aliphatic rings. The first kappa shape index (κ1) is 9.65. The summed E-state index contributed by atoms with van der Waals surface area (Å²) in [6.07, 6.45) is 0. The van der Waals surface area contributed by atoms with E-state index in [4.69, 9.17) is 0 Å². The van der Waals surface area contributed by atoms with E-state index in [2.05, 4.69) is 18.7 Å². The summed E-state index contributed by atoms with van der Waals surface area (Å²) in [7, 11) is 0. The molecule has 68 valence electrons. The lowest BCUT2D eigenvalue weighted by Crippen LogP contribution is -2.24. The fraction of sp³-hybridized carbons (Fsp3) is 0.667. The van der Waals surface area contributed by atoms with Crippen LogP contribution in [-0.2, 0) is 4.79 Å². The minimum Gasteiger partial charge on any atom is -0.362 e. The lowest BCUT2D eigenvalue weighted by Gasteiger charge is -2.22. The number of hydrogen-bond donors (Lipinski definition) is 0. The zero-order chi connectivity index (χ0) is 9.30. The second kappa shape index (κ2) is 3.52. The van der Waals surface area contributed by atoms with Gasteiger partial charge in [-0.15, -0.1) is 0 Å². The van der Waals surface area contributed by atoms with Crippen molar-refractivity contribution in [2.45, 2.75) is 33.1 Å². The minimum absolute atomic E-state index is 0.195. The molecule has 0 bridgehead atoms. The number of nitrogens with zero attached hydrogens (tertiary/aromatic N) is 1. The van der Waals surface area contributed by atoms with Gasteiger partial charge in [-0.2, -0.15) is 0 Å². The fourth-order valence-electron chi connectivity index (χ4n) is 1.55. The smallest absolute Gasteiger partial charge is 0.167 e. The van der Waals surface area contributed by atoms with Crippen LogP contribution in [-0.4, -0.2) is 22.6 Å². The van der Waals surface area contributed by atoms with Crippen LogP contribution in [0.3, 0.4) is 0 Å². The third-order valence-corrected chi connectivity index (χ3v) is 3.56. The Hall–Kier alpha value is -0.440. The van der Waals surface area contributed by atoms with Crippen molar-refractivity contribution in [3.8, 4) is 0 Å². The number of Topliss-reactive ketones (excluding diaryl/α,β-unsaturated/α-hetero) is 1. The van der Waals surface area contributed by atoms with Crippen molar-refractivity contribution in [3.05, 3.63) is 10.6 Å². The molecule has 0 N–H and O–H groups in total. The van der Waals surface area contributed by atoms with E-state index >= 15 is 0 Å². The number of hydrogen-bond acceptors (Lipinski definition) is 3. The Labute approximate surface area is 78.0 Å². The van der Waals surface area contributed by atoms with Gasteiger partial charge in [0.15, 0.2) is 5.78 Å². The van der Waals surface area contributed by atoms with E-state index in [1.165, 1.54) is 0 Å². The van der Waals surface area contributed by atoms with Crippen LogP contribution >= 0.6 is 11.8 Å². The second-order valence-electron chi connectivity index (χ2n) is 2.97. The molecule has 0 radical (unpaired) electrons. The molecular weight excluding hydrogens is 170 g/mol. The molecule has 0 saturated heterocycles. The average Bonchev–Trinajstić information content (AvgIpc) is 2.27. The first-order chi connectivity index (χ1) is 5.57. The second-order valence-corrected chi connectivity index (χ2v) is 4.30. The van der Waals surface area contributed by atoms with Gasteiger partial charge in [-0.25, -0.2) is 0 Å². The number of thioether (sulfide) groups is 1. The van der Waals surface area contributed by atoms with Crippen LogP contribution in [0.2, 0.25) is 0 Å². The molecule has 12 heavy (non-hydrogen) atoms. The Morgan fingerprint density at radius 3 is 2.50 bits per heavy atom. The quantitative estimate of drug-likeness (QED) is 0.658. The minimum atomic E-state index is 0.195. The summed E-state index contributed by atoms with van der Waals surface area (Å²) in [6, 6.07) is 0. The molecule has 0 saturated carbocycles. The van der Waals surface area contributed by atoms with E-state index in [9.17, 15) is 4.79 Å². The summed E-state index contributed by atoms with van der Waals surface area (Å²) in [4.78, 5) is 14.3. The van der Waals surface area contributed by atoms with Gasteiger partial charge in [0.05, 0.1) is 10.3 Å². The molecule has 0 aromatic carbocycles. The lowest BCUT2D eigenvalue weighted by atomic mass is 10.3. The van der Waals surface area contributed by atoms with Crippen molar-refractivity contribution in [3.63, 3.8) is 0 Å². The number of allylic oxidation sites excluding steroid dienone is 2. The van der Waals surface area contributed by atoms with E-state index in [1.807, 2.05) is 6.92 Å². The molecule has 0 spiro atoms. The van der Waals surface area contributed by atoms with Crippen molar-refractivity contribution >= 4 is 17.5 Å². The highest BCUT2D eigenvalue weighted by atomic mass is 32.2. The van der Waals surface area contributed by atoms with Crippen molar-refractivity contribution in [2.24, 2.45) is 0 Å². The maximum atomic E-state index is 11.2. The van der Waals surface area contributed by atoms with Crippen LogP contribution in [0, 0.1) is 0 Å². The van der Waals surface area contributed by atoms with Crippen LogP contribution < -0.4 is 0 Å². The van der Waals surface area contributed by atoms with Crippen LogP contribution in [0.15, 0.2) is 10.6 Å². The molecule has 1 atom stereocenters. The van der Waals surface area contributed by atoms with E-state index in [0.29, 0.717) is 5.37 Å². The monoisotopic (exact) mass is 185 g/mol. The molecule has 0 fully saturated rings. The molecule has 0 aromatic heterocycles. The predicted octanol–water partition coefficient (Wildman–Crippen LogP) is 2.22. The Morgan fingerprint density at radius 2 is 2.25 bits per heavy atom. The molecule has 0 aromatic rings. The highest BCUT2D eigenvalue weighted by Gasteiger charge is 2.27. The van der Waals surface area contributed by atoms with Gasteiger partial charge in [-0.05, 0) is 27.7 Å². The Bertz CT molecular complexity index is 235. The van der Waals surface area contributed by atoms with Gasteiger partial charge >= 0.3 is 0 Å². The summed E-state index contributed by atoms with van der Waals surface area (Å²) in [5.74, 6) is 0.195. The Morgan fingerprint density at radius 1 is 1.67 bits per heavy atom. The van der Waals surface area contributed by atoms with Crippen LogP contribution in [0.5, 0.6) is 0 Å². The van der Waals surface area contributed by atoms with Crippen LogP contribution in [0.4, 0.5) is 0 Å². The van der Waals surface area contributed by atoms with Gasteiger partial charge < -0.3 is 4.90 Å². The summed E-state index contributed by atoms with van der Waals surface area (Å²) in [5.41, 5.74) is 1.14. The van der Waals surface area contributed by atoms with Gasteiger partial charge in [-0.1, -0.05) is 11.8 Å². The van der Waals surface area contributed by atoms with E-state index in [0.717, 1.165) is 17.1 Å². The third-order valence-electron chi connectivity index (χ3n) is 2.15. The zero-order valence-corrected chi connectivity index (χ0v) is 8.86. The first-order valence-electron chi connectivity index (χ1n) is 4.23. The highest BCUT2D eigenvalue weighted by molar-refractivity contribution is 8.04. The molecule has 3 heteroatoms. The van der Waals surface area contributed by atoms with E-state index < -0.39 is 0 Å². The average molecular weight is 185 g/mol. The molecule has 1 heterocycles. The number of carbonyl (C=O) groups excluding carboxylic acids is 1. The van der Waals surface area contributed by atoms with Gasteiger partial charge in [0.1, 0.15) is 0 Å². The van der Waals surface area contributed by atoms with Crippen LogP contribution in [0.25, 0.3) is 0 Å². The first-order valence-corrected chi connectivity index (χ1v) is 5.11. The SMILES string of the molecule is CCN1C(C)=C(C(C)=O)SC1C. The maximum absolute atomic E-state index is 11.2. The standard InChI is InChI=1S/C9H15NOS/c1-5-10-6(2)9(7(3)11)12-8(10)4/h8H,5H2,1-4H3. The zero-order valence-electron chi connectivity index (χ0n) is 8.05. The molecule has 1 unspecified atom stereocenters. The highest BCUT2D eigenvalue weighted by Crippen LogP contribution is 2.37.